The van der Waals surface area contributed by atoms with E-state index >= 15 is 0 Å². The van der Waals surface area contributed by atoms with Crippen LogP contribution in [0.15, 0.2) is 71.6 Å². The van der Waals surface area contributed by atoms with Gasteiger partial charge in [-0.05, 0) is 79.6 Å². The van der Waals surface area contributed by atoms with Gasteiger partial charge in [0.15, 0.2) is 9.84 Å². The SMILES string of the molecule is CC(=O)N1CCC(C(=O)N2CC[C@](c3ccc(C(OCc4c(C)cccc4C)(C(F)(F)F)C(F)(F)F)cc3)(S(=O)(=O)c3ccc(F)cc3)C2)CC1. The largest absolute Gasteiger partial charge is 0.430 e. The minimum absolute atomic E-state index is 0.0815. The molecule has 0 aromatic heterocycles. The summed E-state index contributed by atoms with van der Waals surface area (Å²) in [4.78, 5) is 28.0. The molecule has 2 aliphatic heterocycles. The second-order valence-electron chi connectivity index (χ2n) is 13.2. The molecule has 3 aromatic rings. The molecule has 5 rings (SSSR count). The van der Waals surface area contributed by atoms with Crippen molar-refractivity contribution < 1.29 is 53.5 Å². The number of likely N-dealkylation sites (tertiary alicyclic amines) is 2. The summed E-state index contributed by atoms with van der Waals surface area (Å²) in [5, 5.41) is 0. The first-order chi connectivity index (χ1) is 23.7. The van der Waals surface area contributed by atoms with Crippen molar-refractivity contribution in [3.05, 3.63) is 100 Å². The molecule has 0 spiro atoms. The number of amides is 2. The van der Waals surface area contributed by atoms with Gasteiger partial charge < -0.3 is 14.5 Å². The van der Waals surface area contributed by atoms with Crippen LogP contribution < -0.4 is 0 Å². The number of alkyl halides is 6. The number of rotatable bonds is 8. The first-order valence-corrected chi connectivity index (χ1v) is 17.7. The van der Waals surface area contributed by atoms with Crippen LogP contribution in [0.2, 0.25) is 0 Å². The molecular formula is C36H37F7N2O5S. The van der Waals surface area contributed by atoms with Crippen LogP contribution in [-0.4, -0.2) is 68.6 Å². The molecule has 2 amide bonds. The molecule has 0 unspecified atom stereocenters. The molecule has 0 radical (unpaired) electrons. The average Bonchev–Trinajstić information content (AvgIpc) is 3.53. The van der Waals surface area contributed by atoms with Gasteiger partial charge in [-0.1, -0.05) is 42.5 Å². The van der Waals surface area contributed by atoms with E-state index in [1.165, 1.54) is 37.8 Å². The van der Waals surface area contributed by atoms with Crippen molar-refractivity contribution in [2.45, 2.75) is 74.2 Å². The maximum Gasteiger partial charge on any atom is 0.430 e. The Bertz CT molecular complexity index is 1840. The lowest BCUT2D eigenvalue weighted by atomic mass is 9.88. The third-order valence-corrected chi connectivity index (χ3v) is 12.7. The minimum Gasteiger partial charge on any atom is -0.349 e. The topological polar surface area (TPSA) is 84.0 Å². The molecule has 15 heteroatoms. The first kappa shape index (κ1) is 38.3. The molecule has 0 N–H and O–H groups in total. The molecule has 0 saturated carbocycles. The summed E-state index contributed by atoms with van der Waals surface area (Å²) >= 11 is 0. The summed E-state index contributed by atoms with van der Waals surface area (Å²) < 4.78 is 134. The van der Waals surface area contributed by atoms with E-state index in [4.69, 9.17) is 4.74 Å². The highest BCUT2D eigenvalue weighted by atomic mass is 32.2. The van der Waals surface area contributed by atoms with Crippen LogP contribution in [0.3, 0.4) is 0 Å². The Balaban J connectivity index is 1.56. The van der Waals surface area contributed by atoms with Gasteiger partial charge in [0.25, 0.3) is 5.60 Å². The Morgan fingerprint density at radius 3 is 1.88 bits per heavy atom. The van der Waals surface area contributed by atoms with Crippen LogP contribution in [-0.2, 0) is 41.1 Å². The number of aryl methyl sites for hydroxylation is 2. The fourth-order valence-corrected chi connectivity index (χ4v) is 9.20. The zero-order valence-corrected chi connectivity index (χ0v) is 28.9. The Hall–Kier alpha value is -3.98. The van der Waals surface area contributed by atoms with Gasteiger partial charge in [-0.25, -0.2) is 12.8 Å². The van der Waals surface area contributed by atoms with E-state index in [2.05, 4.69) is 0 Å². The van der Waals surface area contributed by atoms with Gasteiger partial charge in [-0.2, -0.15) is 26.3 Å². The lowest BCUT2D eigenvalue weighted by molar-refractivity contribution is -0.392. The van der Waals surface area contributed by atoms with E-state index < -0.39 is 63.0 Å². The molecule has 3 aromatic carbocycles. The fraction of sp³-hybridized carbons (Fsp3) is 0.444. The van der Waals surface area contributed by atoms with Crippen molar-refractivity contribution in [3.8, 4) is 0 Å². The molecule has 0 aliphatic carbocycles. The van der Waals surface area contributed by atoms with Gasteiger partial charge >= 0.3 is 12.4 Å². The lowest BCUT2D eigenvalue weighted by Crippen LogP contribution is -2.56. The van der Waals surface area contributed by atoms with Crippen molar-refractivity contribution in [3.63, 3.8) is 0 Å². The predicted octanol–water partition coefficient (Wildman–Crippen LogP) is 7.14. The Labute approximate surface area is 291 Å². The molecule has 276 valence electrons. The highest BCUT2D eigenvalue weighted by Crippen LogP contribution is 2.54. The number of hydrogen-bond acceptors (Lipinski definition) is 5. The Morgan fingerprint density at radius 2 is 1.37 bits per heavy atom. The first-order valence-electron chi connectivity index (χ1n) is 16.2. The zero-order chi connectivity index (χ0) is 37.6. The van der Waals surface area contributed by atoms with E-state index in [0.717, 1.165) is 36.4 Å². The third-order valence-electron chi connectivity index (χ3n) is 10.2. The van der Waals surface area contributed by atoms with E-state index in [0.29, 0.717) is 49.2 Å². The molecule has 7 nitrogen and oxygen atoms in total. The van der Waals surface area contributed by atoms with Crippen molar-refractivity contribution >= 4 is 21.7 Å². The summed E-state index contributed by atoms with van der Waals surface area (Å²) in [6.07, 6.45) is -11.6. The van der Waals surface area contributed by atoms with Crippen molar-refractivity contribution in [2.75, 3.05) is 26.2 Å². The molecule has 2 fully saturated rings. The molecule has 51 heavy (non-hydrogen) atoms. The van der Waals surface area contributed by atoms with Gasteiger partial charge in [0, 0.05) is 44.6 Å². The fourth-order valence-electron chi connectivity index (χ4n) is 7.12. The number of sulfone groups is 1. The number of piperidine rings is 1. The van der Waals surface area contributed by atoms with Gasteiger partial charge in [0.05, 0.1) is 11.5 Å². The zero-order valence-electron chi connectivity index (χ0n) is 28.1. The number of carbonyl (C=O) groups is 2. The number of hydrogen-bond donors (Lipinski definition) is 0. The lowest BCUT2D eigenvalue weighted by Gasteiger charge is -2.38. The van der Waals surface area contributed by atoms with E-state index in [1.54, 1.807) is 11.0 Å². The van der Waals surface area contributed by atoms with Crippen LogP contribution in [0.1, 0.15) is 54.0 Å². The third kappa shape index (κ3) is 6.86. The van der Waals surface area contributed by atoms with Crippen molar-refractivity contribution in [1.82, 2.24) is 9.80 Å². The van der Waals surface area contributed by atoms with Crippen molar-refractivity contribution in [1.29, 1.82) is 0 Å². The Kier molecular flexibility index (Phi) is 10.4. The molecular weight excluding hydrogens is 705 g/mol. The van der Waals surface area contributed by atoms with E-state index in [9.17, 15) is 48.7 Å². The molecule has 0 bridgehead atoms. The number of carbonyl (C=O) groups excluding carboxylic acids is 2. The molecule has 1 atom stereocenters. The van der Waals surface area contributed by atoms with E-state index in [-0.39, 0.29) is 40.8 Å². The van der Waals surface area contributed by atoms with Crippen LogP contribution in [0.4, 0.5) is 30.7 Å². The summed E-state index contributed by atoms with van der Waals surface area (Å²) in [6, 6.07) is 11.5. The summed E-state index contributed by atoms with van der Waals surface area (Å²) in [5.41, 5.74) is -5.22. The quantitative estimate of drug-likeness (QED) is 0.181. The van der Waals surface area contributed by atoms with Gasteiger partial charge in [-0.15, -0.1) is 0 Å². The standard InChI is InChI=1S/C36H37F7N2O5S/c1-23-5-4-6-24(2)31(23)21-50-34(35(38,39)40,36(41,42)43)28-9-7-27(8-10-28)33(51(48,49)30-13-11-29(37)12-14-30)17-20-45(22-33)32(47)26-15-18-44(19-16-26)25(3)46/h4-14,26H,15-22H2,1-3H3/t33-/m0/s1. The summed E-state index contributed by atoms with van der Waals surface area (Å²) in [6.45, 7) is 3.58. The molecule has 2 aliphatic rings. The monoisotopic (exact) mass is 742 g/mol. The number of halogens is 7. The minimum atomic E-state index is -5.99. The number of nitrogens with zero attached hydrogens (tertiary/aromatic N) is 2. The normalized spacial score (nSPS) is 19.4. The highest BCUT2D eigenvalue weighted by Gasteiger charge is 2.73. The highest BCUT2D eigenvalue weighted by molar-refractivity contribution is 7.92. The molecule has 2 saturated heterocycles. The maximum absolute atomic E-state index is 14.7. The molecule has 2 heterocycles. The van der Waals surface area contributed by atoms with Crippen LogP contribution >= 0.6 is 0 Å². The van der Waals surface area contributed by atoms with Crippen molar-refractivity contribution in [2.24, 2.45) is 5.92 Å². The summed E-state index contributed by atoms with van der Waals surface area (Å²) in [5.74, 6) is -1.78. The van der Waals surface area contributed by atoms with Crippen LogP contribution in [0.5, 0.6) is 0 Å². The van der Waals surface area contributed by atoms with Gasteiger partial charge in [-0.3, -0.25) is 9.59 Å². The van der Waals surface area contributed by atoms with Crippen LogP contribution in [0, 0.1) is 25.6 Å². The number of ether oxygens (including phenoxy) is 1. The Morgan fingerprint density at radius 1 is 0.824 bits per heavy atom. The number of benzene rings is 3. The second kappa shape index (κ2) is 13.9. The maximum atomic E-state index is 14.7. The van der Waals surface area contributed by atoms with Crippen LogP contribution in [0.25, 0.3) is 0 Å². The van der Waals surface area contributed by atoms with Gasteiger partial charge in [0.2, 0.25) is 11.8 Å². The predicted molar refractivity (Wildman–Crippen MR) is 172 cm³/mol. The average molecular weight is 743 g/mol. The summed E-state index contributed by atoms with van der Waals surface area (Å²) in [7, 11) is -4.54. The second-order valence-corrected chi connectivity index (χ2v) is 15.4. The van der Waals surface area contributed by atoms with Gasteiger partial charge in [0.1, 0.15) is 10.6 Å². The van der Waals surface area contributed by atoms with E-state index in [1.807, 2.05) is 0 Å². The smallest absolute Gasteiger partial charge is 0.349 e.